The van der Waals surface area contributed by atoms with E-state index in [9.17, 15) is 9.18 Å². The molecule has 0 bridgehead atoms. The molecule has 0 aliphatic carbocycles. The van der Waals surface area contributed by atoms with E-state index < -0.39 is 11.9 Å². The summed E-state index contributed by atoms with van der Waals surface area (Å²) in [5, 5.41) is 2.90. The van der Waals surface area contributed by atoms with Gasteiger partial charge in [-0.2, -0.15) is 0 Å². The number of rotatable bonds is 7. The van der Waals surface area contributed by atoms with Gasteiger partial charge in [0.1, 0.15) is 28.8 Å². The average molecular weight is 575 g/mol. The van der Waals surface area contributed by atoms with Crippen LogP contribution in [0.15, 0.2) is 36.8 Å². The second-order valence-corrected chi connectivity index (χ2v) is 9.56. The van der Waals surface area contributed by atoms with Gasteiger partial charge in [0.05, 0.1) is 47.1 Å². The van der Waals surface area contributed by atoms with Crippen molar-refractivity contribution in [1.29, 1.82) is 0 Å². The van der Waals surface area contributed by atoms with Gasteiger partial charge in [-0.1, -0.05) is 11.6 Å². The van der Waals surface area contributed by atoms with Crippen LogP contribution in [0, 0.1) is 12.7 Å². The number of carbonyl (C=O) groups excluding carboxylic acids is 1. The molecular formula is C24H17Cl2FN6O4S. The zero-order chi connectivity index (χ0) is 26.8. The van der Waals surface area contributed by atoms with E-state index in [1.807, 2.05) is 19.1 Å². The van der Waals surface area contributed by atoms with Crippen molar-refractivity contribution in [2.24, 2.45) is 0 Å². The molecular weight excluding hydrogens is 558 g/mol. The number of thiazole rings is 1. The molecule has 3 heterocycles. The number of aryl methyl sites for hydroxylation is 1. The van der Waals surface area contributed by atoms with Crippen molar-refractivity contribution < 1.29 is 23.4 Å². The molecule has 1 amide bonds. The van der Waals surface area contributed by atoms with E-state index in [4.69, 9.17) is 37.4 Å². The lowest BCUT2D eigenvalue weighted by Crippen LogP contribution is -2.18. The maximum Gasteiger partial charge on any atom is 0.411 e. The first kappa shape index (κ1) is 25.8. The number of hydrogen-bond donors (Lipinski definition) is 1. The van der Waals surface area contributed by atoms with Gasteiger partial charge in [-0.05, 0) is 36.2 Å². The quantitative estimate of drug-likeness (QED) is 0.182. The van der Waals surface area contributed by atoms with E-state index in [0.29, 0.717) is 37.8 Å². The third-order valence-electron chi connectivity index (χ3n) is 5.18. The molecule has 0 radical (unpaired) electrons. The Balaban J connectivity index is 1.33. The molecule has 0 fully saturated rings. The zero-order valence-electron chi connectivity index (χ0n) is 19.8. The van der Waals surface area contributed by atoms with Crippen LogP contribution in [0.25, 0.3) is 31.8 Å². The summed E-state index contributed by atoms with van der Waals surface area (Å²) in [5.41, 5.74) is 3.56. The smallest absolute Gasteiger partial charge is 0.411 e. The van der Waals surface area contributed by atoms with Crippen LogP contribution in [-0.2, 0) is 4.74 Å². The molecule has 194 valence electrons. The van der Waals surface area contributed by atoms with Crippen LogP contribution in [0.1, 0.15) is 5.56 Å². The maximum absolute atomic E-state index is 15.0. The number of anilines is 1. The summed E-state index contributed by atoms with van der Waals surface area (Å²) in [4.78, 5) is 32.9. The Hall–Kier alpha value is -3.87. The predicted molar refractivity (Wildman–Crippen MR) is 142 cm³/mol. The number of nitrogens with zero attached hydrogens (tertiary/aromatic N) is 5. The third-order valence-corrected chi connectivity index (χ3v) is 6.76. The number of aromatic nitrogens is 5. The van der Waals surface area contributed by atoms with Crippen molar-refractivity contribution in [1.82, 2.24) is 24.9 Å². The molecule has 0 aliphatic rings. The number of carbonyl (C=O) groups is 1. The van der Waals surface area contributed by atoms with Gasteiger partial charge in [0, 0.05) is 11.6 Å². The van der Waals surface area contributed by atoms with E-state index >= 15 is 0 Å². The van der Waals surface area contributed by atoms with Crippen molar-refractivity contribution in [3.05, 3.63) is 58.5 Å². The highest BCUT2D eigenvalue weighted by Crippen LogP contribution is 2.40. The molecule has 0 saturated carbocycles. The van der Waals surface area contributed by atoms with Gasteiger partial charge in [0.25, 0.3) is 0 Å². The average Bonchev–Trinajstić information content (AvgIpc) is 3.34. The summed E-state index contributed by atoms with van der Waals surface area (Å²) in [7, 11) is 1.52. The summed E-state index contributed by atoms with van der Waals surface area (Å²) in [5.74, 6) is -0.463. The number of benzene rings is 2. The third kappa shape index (κ3) is 5.37. The van der Waals surface area contributed by atoms with Gasteiger partial charge >= 0.3 is 6.09 Å². The monoisotopic (exact) mass is 574 g/mol. The van der Waals surface area contributed by atoms with Crippen molar-refractivity contribution in [3.63, 3.8) is 0 Å². The second kappa shape index (κ2) is 10.9. The van der Waals surface area contributed by atoms with E-state index in [2.05, 4.69) is 30.2 Å². The van der Waals surface area contributed by atoms with Crippen LogP contribution in [0.4, 0.5) is 14.9 Å². The summed E-state index contributed by atoms with van der Waals surface area (Å²) in [6, 6.07) is 5.34. The predicted octanol–water partition coefficient (Wildman–Crippen LogP) is 6.09. The number of nitrogens with one attached hydrogen (secondary N) is 1. The Bertz CT molecular complexity index is 1670. The number of amides is 1. The molecule has 5 aromatic rings. The van der Waals surface area contributed by atoms with Crippen LogP contribution >= 0.6 is 34.5 Å². The molecule has 14 heteroatoms. The van der Waals surface area contributed by atoms with Gasteiger partial charge in [-0.25, -0.2) is 34.1 Å². The Morgan fingerprint density at radius 3 is 2.61 bits per heavy atom. The van der Waals surface area contributed by atoms with E-state index in [1.54, 1.807) is 0 Å². The summed E-state index contributed by atoms with van der Waals surface area (Å²) in [6.07, 6.45) is 3.42. The number of halogens is 3. The van der Waals surface area contributed by atoms with Crippen molar-refractivity contribution in [2.75, 3.05) is 25.6 Å². The standard InChI is InChI=1S/C24H17Cl2FN6O4S/c1-11-5-13(20-14(6-11)32-17(35-2)10-28-20)22-33-21-16(38-22)7-15(19(27)18(21)25)36-3-4-37-24(34)31-12-8-29-23(26)30-9-12/h5-10H,3-4H2,1-2H3,(H,31,34). The highest BCUT2D eigenvalue weighted by atomic mass is 35.5. The van der Waals surface area contributed by atoms with Crippen molar-refractivity contribution in [2.45, 2.75) is 6.92 Å². The summed E-state index contributed by atoms with van der Waals surface area (Å²) in [6.45, 7) is 1.66. The first-order valence-electron chi connectivity index (χ1n) is 11.0. The number of ether oxygens (including phenoxy) is 3. The summed E-state index contributed by atoms with van der Waals surface area (Å²) < 4.78 is 31.3. The molecule has 0 saturated heterocycles. The number of fused-ring (bicyclic) bond motifs is 2. The van der Waals surface area contributed by atoms with Crippen molar-refractivity contribution >= 4 is 67.6 Å². The zero-order valence-corrected chi connectivity index (χ0v) is 22.1. The minimum atomic E-state index is -0.766. The van der Waals surface area contributed by atoms with Gasteiger partial charge in [-0.15, -0.1) is 11.3 Å². The fourth-order valence-corrected chi connectivity index (χ4v) is 4.94. The van der Waals surface area contributed by atoms with Gasteiger partial charge in [0.15, 0.2) is 11.6 Å². The highest BCUT2D eigenvalue weighted by Gasteiger charge is 2.20. The van der Waals surface area contributed by atoms with E-state index in [1.165, 1.54) is 43.1 Å². The number of hydrogen-bond acceptors (Lipinski definition) is 10. The van der Waals surface area contributed by atoms with Crippen LogP contribution in [0.2, 0.25) is 10.3 Å². The second-order valence-electron chi connectivity index (χ2n) is 7.81. The van der Waals surface area contributed by atoms with Crippen molar-refractivity contribution in [3.8, 4) is 22.2 Å². The highest BCUT2D eigenvalue weighted by molar-refractivity contribution is 7.21. The molecule has 0 aliphatic heterocycles. The van der Waals surface area contributed by atoms with Gasteiger partial charge in [0.2, 0.25) is 11.2 Å². The van der Waals surface area contributed by atoms with Crippen LogP contribution in [0.5, 0.6) is 11.6 Å². The molecule has 2 aromatic carbocycles. The Morgan fingerprint density at radius 2 is 1.84 bits per heavy atom. The molecule has 5 rings (SSSR count). The topological polar surface area (TPSA) is 121 Å². The molecule has 10 nitrogen and oxygen atoms in total. The van der Waals surface area contributed by atoms with Gasteiger partial charge in [-0.3, -0.25) is 5.32 Å². The molecule has 1 N–H and O–H groups in total. The normalized spacial score (nSPS) is 11.1. The maximum atomic E-state index is 15.0. The molecule has 0 atom stereocenters. The minimum Gasteiger partial charge on any atom is -0.487 e. The summed E-state index contributed by atoms with van der Waals surface area (Å²) >= 11 is 13.2. The SMILES string of the molecule is COc1cnc2c(-c3nc4c(Cl)c(F)c(OCCOC(=O)Nc5cnc(Cl)nc5)cc4s3)cc(C)cc2n1. The lowest BCUT2D eigenvalue weighted by atomic mass is 10.1. The van der Waals surface area contributed by atoms with E-state index in [0.717, 1.165) is 11.1 Å². The number of methoxy groups -OCH3 is 1. The molecule has 0 spiro atoms. The van der Waals surface area contributed by atoms with E-state index in [-0.39, 0.29) is 29.3 Å². The minimum absolute atomic E-state index is 0.0459. The Labute approximate surface area is 228 Å². The molecule has 3 aromatic heterocycles. The molecule has 38 heavy (non-hydrogen) atoms. The van der Waals surface area contributed by atoms with Crippen LogP contribution in [-0.4, -0.2) is 51.3 Å². The van der Waals surface area contributed by atoms with Gasteiger partial charge < -0.3 is 14.2 Å². The van der Waals surface area contributed by atoms with Crippen LogP contribution < -0.4 is 14.8 Å². The lowest BCUT2D eigenvalue weighted by molar-refractivity contribution is 0.136. The lowest BCUT2D eigenvalue weighted by Gasteiger charge is -2.09. The fourth-order valence-electron chi connectivity index (χ4n) is 3.53. The Kier molecular flexibility index (Phi) is 7.36. The first-order valence-corrected chi connectivity index (χ1v) is 12.5. The Morgan fingerprint density at radius 1 is 1.05 bits per heavy atom. The fraction of sp³-hybridized carbons (Fsp3) is 0.167. The molecule has 0 unspecified atom stereocenters. The first-order chi connectivity index (χ1) is 18.3. The van der Waals surface area contributed by atoms with Crippen LogP contribution in [0.3, 0.4) is 0 Å². The largest absolute Gasteiger partial charge is 0.487 e.